The molecule has 0 spiro atoms. The standard InChI is InChI=1S/C26H20F3N3O6/c27-26(28,29)38-17-8-6-16(7-9-17)18-12-19-20(32(25(18)37)14-15-4-2-1-3-5-15)13-31-22(23(19)35)24(36)30-11-10-21(33)34/h1-9,12-13,35H,10-11,14H2,(H,30,36)(H,33,34). The monoisotopic (exact) mass is 527 g/mol. The highest BCUT2D eigenvalue weighted by molar-refractivity contribution is 6.01. The molecule has 38 heavy (non-hydrogen) atoms. The molecule has 0 saturated heterocycles. The van der Waals surface area contributed by atoms with Crippen molar-refractivity contribution in [2.24, 2.45) is 0 Å². The summed E-state index contributed by atoms with van der Waals surface area (Å²) in [5.41, 5.74) is 0.358. The van der Waals surface area contributed by atoms with Crippen molar-refractivity contribution >= 4 is 22.8 Å². The molecule has 0 saturated carbocycles. The summed E-state index contributed by atoms with van der Waals surface area (Å²) in [5, 5.41) is 22.2. The van der Waals surface area contributed by atoms with E-state index in [4.69, 9.17) is 5.11 Å². The van der Waals surface area contributed by atoms with Crippen molar-refractivity contribution in [3.63, 3.8) is 0 Å². The number of fused-ring (bicyclic) bond motifs is 1. The third kappa shape index (κ3) is 5.91. The van der Waals surface area contributed by atoms with Gasteiger partial charge in [0.05, 0.1) is 24.7 Å². The molecule has 2 aromatic heterocycles. The average Bonchev–Trinajstić information content (AvgIpc) is 2.86. The lowest BCUT2D eigenvalue weighted by molar-refractivity contribution is -0.274. The summed E-state index contributed by atoms with van der Waals surface area (Å²) in [6.07, 6.45) is -3.97. The maximum Gasteiger partial charge on any atom is 0.573 e. The number of hydrogen-bond acceptors (Lipinski definition) is 6. The first-order valence-corrected chi connectivity index (χ1v) is 11.2. The number of benzene rings is 2. The number of pyridine rings is 2. The number of carboxylic acid groups (broad SMARTS) is 1. The van der Waals surface area contributed by atoms with Crippen LogP contribution in [-0.4, -0.2) is 44.5 Å². The number of rotatable bonds is 8. The van der Waals surface area contributed by atoms with Crippen LogP contribution in [0.4, 0.5) is 13.2 Å². The Morgan fingerprint density at radius 3 is 2.37 bits per heavy atom. The highest BCUT2D eigenvalue weighted by Crippen LogP contribution is 2.31. The molecule has 4 aromatic rings. The molecular weight excluding hydrogens is 507 g/mol. The van der Waals surface area contributed by atoms with Gasteiger partial charge in [-0.1, -0.05) is 42.5 Å². The van der Waals surface area contributed by atoms with Gasteiger partial charge >= 0.3 is 12.3 Å². The minimum absolute atomic E-state index is 0.0470. The Labute approximate surface area is 212 Å². The molecule has 196 valence electrons. The number of aliphatic carboxylic acids is 1. The number of aromatic hydroxyl groups is 1. The number of carbonyl (C=O) groups is 2. The lowest BCUT2D eigenvalue weighted by Crippen LogP contribution is -2.27. The number of ether oxygens (including phenoxy) is 1. The van der Waals surface area contributed by atoms with Gasteiger partial charge in [-0.15, -0.1) is 13.2 Å². The molecule has 1 amide bonds. The molecule has 0 radical (unpaired) electrons. The van der Waals surface area contributed by atoms with Crippen molar-refractivity contribution < 1.29 is 37.7 Å². The average molecular weight is 527 g/mol. The molecule has 12 heteroatoms. The fourth-order valence-corrected chi connectivity index (χ4v) is 3.82. The van der Waals surface area contributed by atoms with Crippen molar-refractivity contribution in [1.82, 2.24) is 14.9 Å². The normalized spacial score (nSPS) is 11.3. The molecule has 0 atom stereocenters. The van der Waals surface area contributed by atoms with Gasteiger partial charge in [0.2, 0.25) is 0 Å². The summed E-state index contributed by atoms with van der Waals surface area (Å²) in [5.74, 6) is -2.96. The Bertz CT molecular complexity index is 1550. The van der Waals surface area contributed by atoms with Crippen molar-refractivity contribution in [2.75, 3.05) is 6.54 Å². The number of hydrogen-bond donors (Lipinski definition) is 3. The van der Waals surface area contributed by atoms with Gasteiger partial charge < -0.3 is 24.8 Å². The number of nitrogens with one attached hydrogen (secondary N) is 1. The first-order chi connectivity index (χ1) is 18.0. The minimum atomic E-state index is -4.88. The van der Waals surface area contributed by atoms with E-state index < -0.39 is 35.3 Å². The number of amides is 1. The van der Waals surface area contributed by atoms with Crippen molar-refractivity contribution in [3.05, 3.63) is 88.5 Å². The summed E-state index contributed by atoms with van der Waals surface area (Å²) >= 11 is 0. The van der Waals surface area contributed by atoms with Gasteiger partial charge in [0, 0.05) is 17.5 Å². The zero-order chi connectivity index (χ0) is 27.4. The predicted molar refractivity (Wildman–Crippen MR) is 130 cm³/mol. The van der Waals surface area contributed by atoms with Crippen LogP contribution in [0, 0.1) is 0 Å². The second-order valence-corrected chi connectivity index (χ2v) is 8.16. The first-order valence-electron chi connectivity index (χ1n) is 11.2. The third-order valence-electron chi connectivity index (χ3n) is 5.55. The van der Waals surface area contributed by atoms with Crippen molar-refractivity contribution in [1.29, 1.82) is 0 Å². The second-order valence-electron chi connectivity index (χ2n) is 8.16. The number of aromatic nitrogens is 2. The lowest BCUT2D eigenvalue weighted by atomic mass is 10.0. The molecule has 0 aliphatic rings. The van der Waals surface area contributed by atoms with Gasteiger partial charge in [-0.3, -0.25) is 14.4 Å². The van der Waals surface area contributed by atoms with Crippen LogP contribution in [0.15, 0.2) is 71.7 Å². The molecule has 9 nitrogen and oxygen atoms in total. The number of nitrogens with zero attached hydrogens (tertiary/aromatic N) is 2. The van der Waals surface area contributed by atoms with E-state index in [1.54, 1.807) is 30.3 Å². The van der Waals surface area contributed by atoms with Crippen LogP contribution < -0.4 is 15.6 Å². The summed E-state index contributed by atoms with van der Waals surface area (Å²) in [4.78, 5) is 40.8. The number of halogens is 3. The van der Waals surface area contributed by atoms with Gasteiger partial charge in [0.1, 0.15) is 5.75 Å². The van der Waals surface area contributed by atoms with E-state index in [9.17, 15) is 32.7 Å². The summed E-state index contributed by atoms with van der Waals surface area (Å²) in [6.45, 7) is -0.122. The third-order valence-corrected chi connectivity index (χ3v) is 5.55. The molecule has 3 N–H and O–H groups in total. The Morgan fingerprint density at radius 1 is 1.05 bits per heavy atom. The fraction of sp³-hybridized carbons (Fsp3) is 0.154. The van der Waals surface area contributed by atoms with E-state index >= 15 is 0 Å². The highest BCUT2D eigenvalue weighted by atomic mass is 19.4. The Hall–Kier alpha value is -4.87. The van der Waals surface area contributed by atoms with Crippen molar-refractivity contribution in [2.45, 2.75) is 19.3 Å². The van der Waals surface area contributed by atoms with Crippen LogP contribution in [0.1, 0.15) is 22.5 Å². The Balaban J connectivity index is 1.84. The smallest absolute Gasteiger partial charge is 0.505 e. The van der Waals surface area contributed by atoms with Crippen LogP contribution in [0.5, 0.6) is 11.5 Å². The molecule has 0 aliphatic heterocycles. The maximum atomic E-state index is 13.5. The van der Waals surface area contributed by atoms with Crippen LogP contribution >= 0.6 is 0 Å². The van der Waals surface area contributed by atoms with Gasteiger partial charge in [-0.05, 0) is 29.3 Å². The van der Waals surface area contributed by atoms with Gasteiger partial charge in [-0.2, -0.15) is 0 Å². The van der Waals surface area contributed by atoms with E-state index in [2.05, 4.69) is 15.0 Å². The highest BCUT2D eigenvalue weighted by Gasteiger charge is 2.31. The quantitative estimate of drug-likeness (QED) is 0.317. The molecule has 0 unspecified atom stereocenters. The number of alkyl halides is 3. The summed E-state index contributed by atoms with van der Waals surface area (Å²) in [6, 6.07) is 14.9. The summed E-state index contributed by atoms with van der Waals surface area (Å²) in [7, 11) is 0. The minimum Gasteiger partial charge on any atom is -0.505 e. The Kier molecular flexibility index (Phi) is 7.33. The van der Waals surface area contributed by atoms with E-state index in [1.807, 2.05) is 0 Å². The van der Waals surface area contributed by atoms with Crippen LogP contribution in [0.3, 0.4) is 0 Å². The zero-order valence-corrected chi connectivity index (χ0v) is 19.5. The van der Waals surface area contributed by atoms with Gasteiger partial charge in [0.15, 0.2) is 11.4 Å². The van der Waals surface area contributed by atoms with E-state index in [0.29, 0.717) is 0 Å². The van der Waals surface area contributed by atoms with Gasteiger partial charge in [-0.25, -0.2) is 4.98 Å². The molecular formula is C26H20F3N3O6. The molecule has 0 aliphatic carbocycles. The van der Waals surface area contributed by atoms with Crippen LogP contribution in [-0.2, 0) is 11.3 Å². The number of carboxylic acids is 1. The van der Waals surface area contributed by atoms with E-state index in [1.165, 1.54) is 29.0 Å². The molecule has 4 rings (SSSR count). The largest absolute Gasteiger partial charge is 0.573 e. The first kappa shape index (κ1) is 26.2. The van der Waals surface area contributed by atoms with Crippen LogP contribution in [0.25, 0.3) is 22.0 Å². The van der Waals surface area contributed by atoms with Gasteiger partial charge in [0.25, 0.3) is 11.5 Å². The topological polar surface area (TPSA) is 131 Å². The fourth-order valence-electron chi connectivity index (χ4n) is 3.82. The van der Waals surface area contributed by atoms with E-state index in [0.717, 1.165) is 17.7 Å². The predicted octanol–water partition coefficient (Wildman–Crippen LogP) is 3.92. The number of carbonyl (C=O) groups excluding carboxylic acids is 1. The lowest BCUT2D eigenvalue weighted by Gasteiger charge is -2.16. The molecule has 2 heterocycles. The zero-order valence-electron chi connectivity index (χ0n) is 19.5. The maximum absolute atomic E-state index is 13.5. The van der Waals surface area contributed by atoms with Crippen molar-refractivity contribution in [3.8, 4) is 22.6 Å². The SMILES string of the molecule is O=C(O)CCNC(=O)c1ncc2c(cc(-c3ccc(OC(F)(F)F)cc3)c(=O)n2Cc2ccccc2)c1O. The van der Waals surface area contributed by atoms with Crippen LogP contribution in [0.2, 0.25) is 0 Å². The Morgan fingerprint density at radius 2 is 1.74 bits per heavy atom. The van der Waals surface area contributed by atoms with E-state index in [-0.39, 0.29) is 47.2 Å². The second kappa shape index (κ2) is 10.6. The molecule has 2 aromatic carbocycles. The molecule has 0 bridgehead atoms. The molecule has 0 fully saturated rings. The summed E-state index contributed by atoms with van der Waals surface area (Å²) < 4.78 is 42.9.